The summed E-state index contributed by atoms with van der Waals surface area (Å²) in [7, 11) is 3.49. The number of rotatable bonds is 7. The Kier molecular flexibility index (Phi) is 8.86. The third kappa shape index (κ3) is 7.20. The van der Waals surface area contributed by atoms with Gasteiger partial charge in [-0.05, 0) is 31.0 Å². The van der Waals surface area contributed by atoms with Gasteiger partial charge in [-0.15, -0.1) is 0 Å². The van der Waals surface area contributed by atoms with Crippen LogP contribution in [-0.4, -0.2) is 77.3 Å². The van der Waals surface area contributed by atoms with Gasteiger partial charge in [0.25, 0.3) is 5.69 Å². The highest BCUT2D eigenvalue weighted by molar-refractivity contribution is 5.34. The molecule has 0 bridgehead atoms. The molecule has 4 rings (SSSR count). The molecular weight excluding hydrogens is 412 g/mol. The van der Waals surface area contributed by atoms with E-state index in [9.17, 15) is 10.1 Å². The SMILES string of the molecule is CO[C@H]1CCN(Cc2ccc(N)cn2)C1.CO[C@H]1CCN(Cc2ccc([N+](=O)[O-])cn2)C1. The van der Waals surface area contributed by atoms with Crippen LogP contribution in [0.25, 0.3) is 0 Å². The Bertz CT molecular complexity index is 849. The molecule has 0 saturated carbocycles. The number of hydrogen-bond donors (Lipinski definition) is 1. The molecule has 0 radical (unpaired) electrons. The Morgan fingerprint density at radius 2 is 1.50 bits per heavy atom. The summed E-state index contributed by atoms with van der Waals surface area (Å²) in [6.07, 6.45) is 5.85. The minimum atomic E-state index is -0.437. The second kappa shape index (κ2) is 11.8. The van der Waals surface area contributed by atoms with Crippen LogP contribution < -0.4 is 5.73 Å². The predicted octanol–water partition coefficient (Wildman–Crippen LogP) is 2.10. The van der Waals surface area contributed by atoms with Crippen molar-refractivity contribution in [3.63, 3.8) is 0 Å². The van der Waals surface area contributed by atoms with Gasteiger partial charge in [0, 0.05) is 59.6 Å². The van der Waals surface area contributed by atoms with Crippen LogP contribution in [0.2, 0.25) is 0 Å². The zero-order chi connectivity index (χ0) is 22.9. The minimum Gasteiger partial charge on any atom is -0.397 e. The number of likely N-dealkylation sites (tertiary alicyclic amines) is 2. The van der Waals surface area contributed by atoms with E-state index in [2.05, 4.69) is 19.8 Å². The first-order valence-corrected chi connectivity index (χ1v) is 10.8. The number of methoxy groups -OCH3 is 2. The minimum absolute atomic E-state index is 0.0324. The summed E-state index contributed by atoms with van der Waals surface area (Å²) in [6, 6.07) is 7.08. The number of nitrogens with zero attached hydrogens (tertiary/aromatic N) is 5. The molecule has 10 heteroatoms. The van der Waals surface area contributed by atoms with Crippen molar-refractivity contribution in [3.8, 4) is 0 Å². The van der Waals surface area contributed by atoms with Crippen molar-refractivity contribution in [2.24, 2.45) is 0 Å². The quantitative estimate of drug-likeness (QED) is 0.505. The van der Waals surface area contributed by atoms with Gasteiger partial charge in [-0.2, -0.15) is 0 Å². The number of nitro groups is 1. The maximum absolute atomic E-state index is 10.5. The van der Waals surface area contributed by atoms with E-state index in [-0.39, 0.29) is 5.69 Å². The molecular formula is C22H32N6O4. The lowest BCUT2D eigenvalue weighted by Crippen LogP contribution is -2.22. The zero-order valence-electron chi connectivity index (χ0n) is 18.7. The number of nitrogens with two attached hydrogens (primary N) is 1. The summed E-state index contributed by atoms with van der Waals surface area (Å²) in [5.41, 5.74) is 8.26. The molecule has 0 aromatic carbocycles. The molecule has 4 heterocycles. The van der Waals surface area contributed by atoms with Crippen LogP contribution >= 0.6 is 0 Å². The van der Waals surface area contributed by atoms with Crippen molar-refractivity contribution < 1.29 is 14.4 Å². The van der Waals surface area contributed by atoms with E-state index in [0.29, 0.717) is 12.2 Å². The Morgan fingerprint density at radius 3 is 1.88 bits per heavy atom. The van der Waals surface area contributed by atoms with E-state index < -0.39 is 4.92 Å². The maximum atomic E-state index is 10.5. The van der Waals surface area contributed by atoms with Gasteiger partial charge < -0.3 is 15.2 Å². The van der Waals surface area contributed by atoms with E-state index in [4.69, 9.17) is 15.2 Å². The molecule has 2 aromatic rings. The first-order chi connectivity index (χ1) is 15.5. The third-order valence-electron chi connectivity index (χ3n) is 5.76. The van der Waals surface area contributed by atoms with Gasteiger partial charge >= 0.3 is 0 Å². The van der Waals surface area contributed by atoms with E-state index in [1.54, 1.807) is 26.5 Å². The second-order valence-corrected chi connectivity index (χ2v) is 8.11. The third-order valence-corrected chi connectivity index (χ3v) is 5.76. The highest BCUT2D eigenvalue weighted by atomic mass is 16.6. The summed E-state index contributed by atoms with van der Waals surface area (Å²) >= 11 is 0. The van der Waals surface area contributed by atoms with Crippen LogP contribution in [0.4, 0.5) is 11.4 Å². The Balaban J connectivity index is 0.000000182. The fraction of sp³-hybridized carbons (Fsp3) is 0.545. The molecule has 0 aliphatic carbocycles. The number of hydrogen-bond acceptors (Lipinski definition) is 9. The van der Waals surface area contributed by atoms with E-state index in [0.717, 1.165) is 69.2 Å². The molecule has 2 N–H and O–H groups in total. The van der Waals surface area contributed by atoms with E-state index in [1.165, 1.54) is 12.3 Å². The molecule has 10 nitrogen and oxygen atoms in total. The Morgan fingerprint density at radius 1 is 0.969 bits per heavy atom. The van der Waals surface area contributed by atoms with Crippen molar-refractivity contribution >= 4 is 11.4 Å². The summed E-state index contributed by atoms with van der Waals surface area (Å²) in [4.78, 5) is 23.0. The molecule has 2 aliphatic rings. The van der Waals surface area contributed by atoms with Gasteiger partial charge in [0.2, 0.25) is 0 Å². The number of pyridine rings is 2. The number of anilines is 1. The van der Waals surface area contributed by atoms with E-state index >= 15 is 0 Å². The molecule has 174 valence electrons. The van der Waals surface area contributed by atoms with Crippen molar-refractivity contribution in [2.75, 3.05) is 46.1 Å². The van der Waals surface area contributed by atoms with Gasteiger partial charge in [0.1, 0.15) is 6.20 Å². The molecule has 0 amide bonds. The number of nitrogen functional groups attached to an aromatic ring is 1. The van der Waals surface area contributed by atoms with Gasteiger partial charge in [-0.1, -0.05) is 0 Å². The van der Waals surface area contributed by atoms with Crippen LogP contribution in [0.5, 0.6) is 0 Å². The van der Waals surface area contributed by atoms with Crippen molar-refractivity contribution in [1.29, 1.82) is 0 Å². The fourth-order valence-electron chi connectivity index (χ4n) is 3.87. The average molecular weight is 445 g/mol. The molecule has 2 aromatic heterocycles. The second-order valence-electron chi connectivity index (χ2n) is 8.11. The van der Waals surface area contributed by atoms with Crippen molar-refractivity contribution in [2.45, 2.75) is 38.1 Å². The summed E-state index contributed by atoms with van der Waals surface area (Å²) in [6.45, 7) is 5.58. The maximum Gasteiger partial charge on any atom is 0.287 e. The van der Waals surface area contributed by atoms with E-state index in [1.807, 2.05) is 12.1 Å². The van der Waals surface area contributed by atoms with Gasteiger partial charge in [-0.3, -0.25) is 29.9 Å². The molecule has 2 atom stereocenters. The van der Waals surface area contributed by atoms with Crippen LogP contribution in [-0.2, 0) is 22.6 Å². The summed E-state index contributed by atoms with van der Waals surface area (Å²) < 4.78 is 10.6. The smallest absolute Gasteiger partial charge is 0.287 e. The van der Waals surface area contributed by atoms with Gasteiger partial charge in [0.05, 0.1) is 40.4 Å². The molecule has 2 saturated heterocycles. The van der Waals surface area contributed by atoms with Crippen LogP contribution in [0, 0.1) is 10.1 Å². The molecule has 0 unspecified atom stereocenters. The lowest BCUT2D eigenvalue weighted by molar-refractivity contribution is -0.385. The lowest BCUT2D eigenvalue weighted by atomic mass is 10.3. The molecule has 0 spiro atoms. The fourth-order valence-corrected chi connectivity index (χ4v) is 3.87. The number of ether oxygens (including phenoxy) is 2. The highest BCUT2D eigenvalue weighted by Gasteiger charge is 2.23. The van der Waals surface area contributed by atoms with Gasteiger partial charge in [0.15, 0.2) is 0 Å². The zero-order valence-corrected chi connectivity index (χ0v) is 18.7. The van der Waals surface area contributed by atoms with Crippen LogP contribution in [0.1, 0.15) is 24.2 Å². The van der Waals surface area contributed by atoms with Crippen molar-refractivity contribution in [3.05, 3.63) is 58.2 Å². The monoisotopic (exact) mass is 444 g/mol. The first kappa shape index (κ1) is 24.0. The first-order valence-electron chi connectivity index (χ1n) is 10.8. The summed E-state index contributed by atoms with van der Waals surface area (Å²) in [5.74, 6) is 0. The van der Waals surface area contributed by atoms with Crippen LogP contribution in [0.15, 0.2) is 36.7 Å². The predicted molar refractivity (Wildman–Crippen MR) is 121 cm³/mol. The normalized spacial score (nSPS) is 21.3. The largest absolute Gasteiger partial charge is 0.397 e. The molecule has 2 fully saturated rings. The highest BCUT2D eigenvalue weighted by Crippen LogP contribution is 2.16. The van der Waals surface area contributed by atoms with Crippen LogP contribution in [0.3, 0.4) is 0 Å². The lowest BCUT2D eigenvalue weighted by Gasteiger charge is -2.14. The Hall–Kier alpha value is -2.66. The molecule has 2 aliphatic heterocycles. The van der Waals surface area contributed by atoms with Crippen molar-refractivity contribution in [1.82, 2.24) is 19.8 Å². The average Bonchev–Trinajstić information content (AvgIpc) is 3.45. The number of aromatic nitrogens is 2. The topological polar surface area (TPSA) is 120 Å². The van der Waals surface area contributed by atoms with Gasteiger partial charge in [-0.25, -0.2) is 0 Å². The standard InChI is InChI=1S/C11H15N3O3.C11H17N3O/c1-17-11-4-5-13(8-11)7-9-2-3-10(6-12-9)14(15)16;1-15-11-4-5-14(8-11)7-10-3-2-9(12)6-13-10/h2-3,6,11H,4-5,7-8H2,1H3;2-3,6,11H,4-5,7-8,12H2,1H3/t2*11-/m00/s1. The summed E-state index contributed by atoms with van der Waals surface area (Å²) in [5, 5.41) is 10.5. The Labute approximate surface area is 188 Å². The molecule has 32 heavy (non-hydrogen) atoms.